The molecular formula is C13H19N3. The normalized spacial score (nSPS) is 11.1. The maximum Gasteiger partial charge on any atom is 0.123 e. The van der Waals surface area contributed by atoms with Gasteiger partial charge >= 0.3 is 0 Å². The van der Waals surface area contributed by atoms with Crippen LogP contribution in [0.3, 0.4) is 0 Å². The molecule has 3 nitrogen and oxygen atoms in total. The molecule has 2 aromatic rings. The van der Waals surface area contributed by atoms with Gasteiger partial charge in [0.1, 0.15) is 5.82 Å². The Hall–Kier alpha value is -1.35. The predicted octanol–water partition coefficient (Wildman–Crippen LogP) is 2.69. The van der Waals surface area contributed by atoms with Crippen LogP contribution in [0.25, 0.3) is 11.0 Å². The van der Waals surface area contributed by atoms with E-state index in [1.807, 2.05) is 12.1 Å². The second-order valence-corrected chi connectivity index (χ2v) is 4.08. The molecule has 0 atom stereocenters. The monoisotopic (exact) mass is 217 g/mol. The highest BCUT2D eigenvalue weighted by atomic mass is 15.1. The van der Waals surface area contributed by atoms with Crippen LogP contribution in [0.15, 0.2) is 24.3 Å². The summed E-state index contributed by atoms with van der Waals surface area (Å²) in [5, 5.41) is 0. The summed E-state index contributed by atoms with van der Waals surface area (Å²) in [5.41, 5.74) is 8.00. The lowest BCUT2D eigenvalue weighted by atomic mass is 10.2. The number of hydrogen-bond acceptors (Lipinski definition) is 2. The number of aryl methyl sites for hydroxylation is 1. The van der Waals surface area contributed by atoms with E-state index in [0.29, 0.717) is 6.54 Å². The van der Waals surface area contributed by atoms with Gasteiger partial charge in [-0.1, -0.05) is 31.9 Å². The molecular weight excluding hydrogens is 198 g/mol. The SMILES string of the molecule is CCCCCn1c(CN)nc2ccccc21. The number of rotatable bonds is 5. The highest BCUT2D eigenvalue weighted by Crippen LogP contribution is 2.16. The minimum atomic E-state index is 0.515. The topological polar surface area (TPSA) is 43.8 Å². The number of unbranched alkanes of at least 4 members (excludes halogenated alkanes) is 2. The van der Waals surface area contributed by atoms with Crippen LogP contribution in [0, 0.1) is 0 Å². The summed E-state index contributed by atoms with van der Waals surface area (Å²) in [7, 11) is 0. The molecule has 0 aliphatic heterocycles. The smallest absolute Gasteiger partial charge is 0.123 e. The van der Waals surface area contributed by atoms with E-state index in [-0.39, 0.29) is 0 Å². The molecule has 2 N–H and O–H groups in total. The van der Waals surface area contributed by atoms with E-state index in [9.17, 15) is 0 Å². The van der Waals surface area contributed by atoms with E-state index in [0.717, 1.165) is 17.9 Å². The molecule has 0 aliphatic rings. The zero-order valence-electron chi connectivity index (χ0n) is 9.82. The molecule has 1 aromatic carbocycles. The fourth-order valence-corrected chi connectivity index (χ4v) is 2.05. The largest absolute Gasteiger partial charge is 0.327 e. The number of hydrogen-bond donors (Lipinski definition) is 1. The van der Waals surface area contributed by atoms with Gasteiger partial charge in [0, 0.05) is 6.54 Å². The maximum atomic E-state index is 5.74. The summed E-state index contributed by atoms with van der Waals surface area (Å²) in [6, 6.07) is 8.24. The Morgan fingerprint density at radius 3 is 2.81 bits per heavy atom. The third-order valence-electron chi connectivity index (χ3n) is 2.90. The molecule has 1 aromatic heterocycles. The average molecular weight is 217 g/mol. The van der Waals surface area contributed by atoms with Gasteiger partial charge in [-0.2, -0.15) is 0 Å². The summed E-state index contributed by atoms with van der Waals surface area (Å²) in [6.07, 6.45) is 3.70. The van der Waals surface area contributed by atoms with Gasteiger partial charge in [-0.05, 0) is 18.6 Å². The molecule has 0 bridgehead atoms. The Labute approximate surface area is 96.3 Å². The van der Waals surface area contributed by atoms with Crippen molar-refractivity contribution in [3.05, 3.63) is 30.1 Å². The van der Waals surface area contributed by atoms with Crippen molar-refractivity contribution in [2.75, 3.05) is 0 Å². The molecule has 2 rings (SSSR count). The van der Waals surface area contributed by atoms with E-state index in [1.165, 1.54) is 24.8 Å². The van der Waals surface area contributed by atoms with Gasteiger partial charge in [0.2, 0.25) is 0 Å². The van der Waals surface area contributed by atoms with Gasteiger partial charge in [-0.15, -0.1) is 0 Å². The van der Waals surface area contributed by atoms with Crippen molar-refractivity contribution in [2.24, 2.45) is 5.73 Å². The van der Waals surface area contributed by atoms with Gasteiger partial charge in [-0.3, -0.25) is 0 Å². The fraction of sp³-hybridized carbons (Fsp3) is 0.462. The van der Waals surface area contributed by atoms with E-state index in [2.05, 4.69) is 28.6 Å². The van der Waals surface area contributed by atoms with Crippen LogP contribution in [0.5, 0.6) is 0 Å². The number of benzene rings is 1. The molecule has 16 heavy (non-hydrogen) atoms. The zero-order chi connectivity index (χ0) is 11.4. The standard InChI is InChI=1S/C13H19N3/c1-2-3-6-9-16-12-8-5-4-7-11(12)15-13(16)10-14/h4-5,7-8H,2-3,6,9-10,14H2,1H3. The van der Waals surface area contributed by atoms with E-state index >= 15 is 0 Å². The van der Waals surface area contributed by atoms with Crippen molar-refractivity contribution in [1.29, 1.82) is 0 Å². The molecule has 0 amide bonds. The summed E-state index contributed by atoms with van der Waals surface area (Å²) in [4.78, 5) is 4.55. The summed E-state index contributed by atoms with van der Waals surface area (Å²) in [6.45, 7) is 3.76. The van der Waals surface area contributed by atoms with Crippen LogP contribution < -0.4 is 5.73 Å². The number of fused-ring (bicyclic) bond motifs is 1. The van der Waals surface area contributed by atoms with Crippen LogP contribution in [-0.2, 0) is 13.1 Å². The fourth-order valence-electron chi connectivity index (χ4n) is 2.05. The van der Waals surface area contributed by atoms with Gasteiger partial charge in [-0.25, -0.2) is 4.98 Å². The van der Waals surface area contributed by atoms with Gasteiger partial charge in [0.25, 0.3) is 0 Å². The maximum absolute atomic E-state index is 5.74. The molecule has 0 spiro atoms. The first-order valence-electron chi connectivity index (χ1n) is 6.01. The average Bonchev–Trinajstić information content (AvgIpc) is 2.68. The van der Waals surface area contributed by atoms with Crippen molar-refractivity contribution in [3.63, 3.8) is 0 Å². The Morgan fingerprint density at radius 2 is 2.06 bits per heavy atom. The first kappa shape index (κ1) is 11.1. The highest BCUT2D eigenvalue weighted by Gasteiger charge is 2.07. The minimum absolute atomic E-state index is 0.515. The lowest BCUT2D eigenvalue weighted by Gasteiger charge is -2.07. The molecule has 1 heterocycles. The van der Waals surface area contributed by atoms with Gasteiger partial charge in [0.05, 0.1) is 17.6 Å². The highest BCUT2D eigenvalue weighted by molar-refractivity contribution is 5.75. The van der Waals surface area contributed by atoms with E-state index < -0.39 is 0 Å². The number of imidazole rings is 1. The third-order valence-corrected chi connectivity index (χ3v) is 2.90. The third kappa shape index (κ3) is 2.09. The van der Waals surface area contributed by atoms with Crippen LogP contribution in [-0.4, -0.2) is 9.55 Å². The van der Waals surface area contributed by atoms with Crippen molar-refractivity contribution in [3.8, 4) is 0 Å². The first-order chi connectivity index (χ1) is 7.86. The molecule has 0 unspecified atom stereocenters. The van der Waals surface area contributed by atoms with Crippen LogP contribution in [0.2, 0.25) is 0 Å². The van der Waals surface area contributed by atoms with Crippen molar-refractivity contribution in [2.45, 2.75) is 39.3 Å². The quantitative estimate of drug-likeness (QED) is 0.782. The summed E-state index contributed by atoms with van der Waals surface area (Å²) < 4.78 is 2.25. The van der Waals surface area contributed by atoms with Crippen molar-refractivity contribution >= 4 is 11.0 Å². The van der Waals surface area contributed by atoms with Crippen LogP contribution >= 0.6 is 0 Å². The van der Waals surface area contributed by atoms with Crippen LogP contribution in [0.4, 0.5) is 0 Å². The molecule has 3 heteroatoms. The van der Waals surface area contributed by atoms with Gasteiger partial charge in [0.15, 0.2) is 0 Å². The molecule has 0 saturated carbocycles. The second-order valence-electron chi connectivity index (χ2n) is 4.08. The first-order valence-corrected chi connectivity index (χ1v) is 6.01. The minimum Gasteiger partial charge on any atom is -0.327 e. The molecule has 0 fully saturated rings. The Balaban J connectivity index is 2.32. The van der Waals surface area contributed by atoms with E-state index in [4.69, 9.17) is 5.73 Å². The number of aromatic nitrogens is 2. The number of nitrogens with zero attached hydrogens (tertiary/aromatic N) is 2. The lowest BCUT2D eigenvalue weighted by molar-refractivity contribution is 0.592. The number of nitrogens with two attached hydrogens (primary N) is 1. The van der Waals surface area contributed by atoms with E-state index in [1.54, 1.807) is 0 Å². The Bertz CT molecular complexity index is 459. The summed E-state index contributed by atoms with van der Waals surface area (Å²) in [5.74, 6) is 0.998. The van der Waals surface area contributed by atoms with Crippen LogP contribution in [0.1, 0.15) is 32.0 Å². The second kappa shape index (κ2) is 5.12. The number of para-hydroxylation sites is 2. The Morgan fingerprint density at radius 1 is 1.25 bits per heavy atom. The zero-order valence-corrected chi connectivity index (χ0v) is 9.82. The molecule has 0 radical (unpaired) electrons. The molecule has 86 valence electrons. The van der Waals surface area contributed by atoms with Crippen molar-refractivity contribution in [1.82, 2.24) is 9.55 Å². The summed E-state index contributed by atoms with van der Waals surface area (Å²) >= 11 is 0. The Kier molecular flexibility index (Phi) is 3.57. The van der Waals surface area contributed by atoms with Crippen molar-refractivity contribution < 1.29 is 0 Å². The predicted molar refractivity (Wildman–Crippen MR) is 67.1 cm³/mol. The van der Waals surface area contributed by atoms with Gasteiger partial charge < -0.3 is 10.3 Å². The lowest BCUT2D eigenvalue weighted by Crippen LogP contribution is -2.08. The molecule has 0 aliphatic carbocycles. The molecule has 0 saturated heterocycles.